The molecule has 1 saturated carbocycles. The van der Waals surface area contributed by atoms with Crippen LogP contribution in [0.5, 0.6) is 5.75 Å². The first-order valence-corrected chi connectivity index (χ1v) is 12.8. The fourth-order valence-electron chi connectivity index (χ4n) is 5.60. The molecule has 2 heterocycles. The molecule has 1 fully saturated rings. The molecule has 0 saturated heterocycles. The van der Waals surface area contributed by atoms with Gasteiger partial charge in [0.25, 0.3) is 0 Å². The molecule has 5 aromatic rings. The highest BCUT2D eigenvalue weighted by Crippen LogP contribution is 2.51. The van der Waals surface area contributed by atoms with Crippen LogP contribution in [-0.4, -0.2) is 25.2 Å². The molecule has 1 aliphatic rings. The van der Waals surface area contributed by atoms with Gasteiger partial charge in [-0.15, -0.1) is 10.2 Å². The van der Waals surface area contributed by atoms with Crippen LogP contribution in [0.1, 0.15) is 72.7 Å². The molecule has 6 rings (SSSR count). The molecule has 1 aliphatic carbocycles. The second-order valence-corrected chi connectivity index (χ2v) is 10.3. The summed E-state index contributed by atoms with van der Waals surface area (Å²) < 4.78 is 22.7. The van der Waals surface area contributed by atoms with E-state index in [1.807, 2.05) is 43.3 Å². The Labute approximate surface area is 215 Å². The van der Waals surface area contributed by atoms with Crippen molar-refractivity contribution < 1.29 is 9.13 Å². The van der Waals surface area contributed by atoms with Gasteiger partial charge >= 0.3 is 0 Å². The number of nitrogens with zero attached hydrogens (tertiary/aromatic N) is 4. The molecule has 0 bridgehead atoms. The second kappa shape index (κ2) is 9.47. The molecule has 6 nitrogen and oxygen atoms in total. The van der Waals surface area contributed by atoms with E-state index in [2.05, 4.69) is 63.3 Å². The third-order valence-corrected chi connectivity index (χ3v) is 7.48. The lowest BCUT2D eigenvalue weighted by Gasteiger charge is -2.34. The van der Waals surface area contributed by atoms with E-state index in [9.17, 15) is 4.39 Å². The van der Waals surface area contributed by atoms with Gasteiger partial charge in [-0.05, 0) is 84.7 Å². The molecule has 3 aromatic carbocycles. The number of halogens is 1. The van der Waals surface area contributed by atoms with E-state index in [0.29, 0.717) is 24.0 Å². The van der Waals surface area contributed by atoms with E-state index in [4.69, 9.17) is 4.74 Å². The third-order valence-electron chi connectivity index (χ3n) is 7.48. The van der Waals surface area contributed by atoms with Crippen LogP contribution in [0, 0.1) is 12.7 Å². The molecule has 0 radical (unpaired) electrons. The number of hydrogen-bond donors (Lipinski definition) is 1. The van der Waals surface area contributed by atoms with Gasteiger partial charge in [-0.3, -0.25) is 0 Å². The number of benzene rings is 3. The van der Waals surface area contributed by atoms with Crippen molar-refractivity contribution in [3.8, 4) is 11.4 Å². The monoisotopic (exact) mass is 495 g/mol. The number of aryl methyl sites for hydroxylation is 1. The molecule has 188 valence electrons. The summed E-state index contributed by atoms with van der Waals surface area (Å²) in [4.78, 5) is 0. The molecule has 0 aliphatic heterocycles. The summed E-state index contributed by atoms with van der Waals surface area (Å²) in [6.07, 6.45) is 1.94. The molecule has 7 heteroatoms. The van der Waals surface area contributed by atoms with Crippen molar-refractivity contribution in [1.29, 1.82) is 0 Å². The molecule has 0 atom stereocenters. The van der Waals surface area contributed by atoms with Crippen molar-refractivity contribution in [2.75, 3.05) is 0 Å². The SMILES string of the molecule is Cc1cc(-n2c(C(C)C)c(C3CC(c4nn[nH]n4)C3)c3cc(OCc4ccccc4)ccc32)ccc1F. The van der Waals surface area contributed by atoms with Crippen LogP contribution in [0.25, 0.3) is 16.6 Å². The summed E-state index contributed by atoms with van der Waals surface area (Å²) in [7, 11) is 0. The zero-order chi connectivity index (χ0) is 25.5. The van der Waals surface area contributed by atoms with E-state index < -0.39 is 0 Å². The number of aromatic nitrogens is 5. The molecule has 0 spiro atoms. The van der Waals surface area contributed by atoms with Crippen molar-refractivity contribution in [2.24, 2.45) is 0 Å². The highest BCUT2D eigenvalue weighted by molar-refractivity contribution is 5.89. The normalized spacial score (nSPS) is 17.3. The van der Waals surface area contributed by atoms with E-state index >= 15 is 0 Å². The summed E-state index contributed by atoms with van der Waals surface area (Å²) in [5.74, 6) is 2.38. The van der Waals surface area contributed by atoms with Gasteiger partial charge < -0.3 is 9.30 Å². The Bertz CT molecular complexity index is 1540. The maximum atomic E-state index is 14.2. The van der Waals surface area contributed by atoms with Gasteiger partial charge in [-0.1, -0.05) is 49.4 Å². The topological polar surface area (TPSA) is 68.6 Å². The first-order valence-electron chi connectivity index (χ1n) is 12.8. The predicted octanol–water partition coefficient (Wildman–Crippen LogP) is 6.95. The Morgan fingerprint density at radius 1 is 1.03 bits per heavy atom. The highest BCUT2D eigenvalue weighted by atomic mass is 19.1. The van der Waals surface area contributed by atoms with Crippen molar-refractivity contribution >= 4 is 10.9 Å². The predicted molar refractivity (Wildman–Crippen MR) is 142 cm³/mol. The molecule has 0 unspecified atom stereocenters. The number of tetrazole rings is 1. The minimum Gasteiger partial charge on any atom is -0.489 e. The smallest absolute Gasteiger partial charge is 0.177 e. The minimum absolute atomic E-state index is 0.190. The van der Waals surface area contributed by atoms with Crippen LogP contribution in [0.4, 0.5) is 4.39 Å². The first kappa shape index (κ1) is 23.4. The van der Waals surface area contributed by atoms with Crippen LogP contribution in [0.3, 0.4) is 0 Å². The number of nitrogens with one attached hydrogen (secondary N) is 1. The van der Waals surface area contributed by atoms with Crippen LogP contribution in [0.2, 0.25) is 0 Å². The number of H-pyrrole nitrogens is 1. The quantitative estimate of drug-likeness (QED) is 0.265. The Kier molecular flexibility index (Phi) is 5.99. The third kappa shape index (κ3) is 4.28. The number of fused-ring (bicyclic) bond motifs is 1. The Hall–Kier alpha value is -4.00. The summed E-state index contributed by atoms with van der Waals surface area (Å²) in [5, 5.41) is 15.9. The first-order chi connectivity index (χ1) is 18.0. The van der Waals surface area contributed by atoms with Gasteiger partial charge in [0, 0.05) is 22.7 Å². The van der Waals surface area contributed by atoms with Gasteiger partial charge in [-0.25, -0.2) is 4.39 Å². The average molecular weight is 496 g/mol. The summed E-state index contributed by atoms with van der Waals surface area (Å²) in [6, 6.07) is 21.9. The van der Waals surface area contributed by atoms with E-state index in [0.717, 1.165) is 41.2 Å². The molecular weight excluding hydrogens is 465 g/mol. The standard InChI is InChI=1S/C30H30FN5O/c1-18(2)29-28(21-14-22(15-21)30-32-34-35-33-30)25-16-24(37-17-20-7-5-4-6-8-20)10-12-27(25)36(29)23-9-11-26(31)19(3)13-23/h4-13,16,18,21-22H,14-15,17H2,1-3H3,(H,32,33,34,35). The molecule has 1 N–H and O–H groups in total. The average Bonchev–Trinajstić information content (AvgIpc) is 3.51. The number of hydrogen-bond acceptors (Lipinski definition) is 4. The highest BCUT2D eigenvalue weighted by Gasteiger charge is 2.38. The summed E-state index contributed by atoms with van der Waals surface area (Å²) in [5.41, 5.74) is 6.46. The zero-order valence-corrected chi connectivity index (χ0v) is 21.3. The van der Waals surface area contributed by atoms with Crippen LogP contribution < -0.4 is 4.74 Å². The largest absolute Gasteiger partial charge is 0.489 e. The maximum Gasteiger partial charge on any atom is 0.177 e. The lowest BCUT2D eigenvalue weighted by molar-refractivity contribution is 0.306. The van der Waals surface area contributed by atoms with Crippen LogP contribution in [-0.2, 0) is 6.61 Å². The van der Waals surface area contributed by atoms with Gasteiger partial charge in [-0.2, -0.15) is 5.21 Å². The second-order valence-electron chi connectivity index (χ2n) is 10.3. The molecule has 37 heavy (non-hydrogen) atoms. The summed E-state index contributed by atoms with van der Waals surface area (Å²) >= 11 is 0. The lowest BCUT2D eigenvalue weighted by Crippen LogP contribution is -2.22. The minimum atomic E-state index is -0.190. The van der Waals surface area contributed by atoms with Gasteiger partial charge in [0.15, 0.2) is 5.82 Å². The Morgan fingerprint density at radius 3 is 2.54 bits per heavy atom. The van der Waals surface area contributed by atoms with E-state index in [-0.39, 0.29) is 11.7 Å². The number of rotatable bonds is 7. The van der Waals surface area contributed by atoms with Gasteiger partial charge in [0.1, 0.15) is 18.2 Å². The van der Waals surface area contributed by atoms with Crippen molar-refractivity contribution in [3.05, 3.63) is 101 Å². The number of aromatic amines is 1. The van der Waals surface area contributed by atoms with Crippen LogP contribution in [0.15, 0.2) is 66.7 Å². The molecule has 2 aromatic heterocycles. The van der Waals surface area contributed by atoms with Crippen molar-refractivity contribution in [2.45, 2.75) is 58.0 Å². The lowest BCUT2D eigenvalue weighted by atomic mass is 9.69. The Balaban J connectivity index is 1.46. The van der Waals surface area contributed by atoms with Crippen molar-refractivity contribution in [1.82, 2.24) is 25.2 Å². The van der Waals surface area contributed by atoms with Crippen molar-refractivity contribution in [3.63, 3.8) is 0 Å². The Morgan fingerprint density at radius 2 is 1.84 bits per heavy atom. The van der Waals surface area contributed by atoms with Gasteiger partial charge in [0.05, 0.1) is 5.52 Å². The molecule has 0 amide bonds. The van der Waals surface area contributed by atoms with Gasteiger partial charge in [0.2, 0.25) is 0 Å². The maximum absolute atomic E-state index is 14.2. The fourth-order valence-corrected chi connectivity index (χ4v) is 5.60. The fraction of sp³-hybridized carbons (Fsp3) is 0.300. The zero-order valence-electron chi connectivity index (χ0n) is 21.3. The van der Waals surface area contributed by atoms with E-state index in [1.165, 1.54) is 16.6 Å². The summed E-state index contributed by atoms with van der Waals surface area (Å²) in [6.45, 7) is 6.79. The molecular formula is C30H30FN5O. The van der Waals surface area contributed by atoms with Crippen LogP contribution >= 0.6 is 0 Å². The number of ether oxygens (including phenoxy) is 1. The van der Waals surface area contributed by atoms with E-state index in [1.54, 1.807) is 6.07 Å².